The number of halogens is 1. The average molecular weight is 391 g/mol. The molecule has 0 spiro atoms. The van der Waals surface area contributed by atoms with Crippen LogP contribution in [0.1, 0.15) is 30.1 Å². The minimum absolute atomic E-state index is 0.0128. The fraction of sp³-hybridized carbons (Fsp3) is 0.467. The minimum atomic E-state index is -3.95. The van der Waals surface area contributed by atoms with Crippen LogP contribution < -0.4 is 5.32 Å². The molecule has 2 rings (SSSR count). The van der Waals surface area contributed by atoms with Gasteiger partial charge in [-0.3, -0.25) is 9.63 Å². The van der Waals surface area contributed by atoms with Crippen LogP contribution in [0.25, 0.3) is 0 Å². The number of hydrogen-bond acceptors (Lipinski definition) is 6. The number of nitrogens with zero attached hydrogens (tertiary/aromatic N) is 1. The minimum Gasteiger partial charge on any atom is -0.449 e. The lowest BCUT2D eigenvalue weighted by Gasteiger charge is -2.16. The zero-order chi connectivity index (χ0) is 18.8. The molecule has 1 aromatic carbocycles. The van der Waals surface area contributed by atoms with Crippen molar-refractivity contribution >= 4 is 33.5 Å². The van der Waals surface area contributed by atoms with Gasteiger partial charge in [0.1, 0.15) is 0 Å². The topological polar surface area (TPSA) is 102 Å². The van der Waals surface area contributed by atoms with Crippen molar-refractivity contribution in [2.45, 2.75) is 36.8 Å². The van der Waals surface area contributed by atoms with Gasteiger partial charge in [0, 0.05) is 13.1 Å². The van der Waals surface area contributed by atoms with Crippen LogP contribution in [0.15, 0.2) is 23.1 Å². The molecule has 1 saturated carbocycles. The number of hydroxylamine groups is 1. The van der Waals surface area contributed by atoms with Gasteiger partial charge in [0.25, 0.3) is 15.9 Å². The maximum absolute atomic E-state index is 12.3. The third kappa shape index (κ3) is 4.69. The Bertz CT molecular complexity index is 778. The molecule has 1 aliphatic carbocycles. The number of esters is 1. The van der Waals surface area contributed by atoms with Gasteiger partial charge in [0.15, 0.2) is 6.10 Å². The molecule has 1 N–H and O–H groups in total. The maximum Gasteiger partial charge on any atom is 0.340 e. The molecule has 0 saturated heterocycles. The number of carbonyl (C=O) groups is 2. The molecule has 1 aliphatic rings. The van der Waals surface area contributed by atoms with E-state index in [0.717, 1.165) is 18.9 Å². The molecular weight excluding hydrogens is 372 g/mol. The Labute approximate surface area is 151 Å². The van der Waals surface area contributed by atoms with Crippen molar-refractivity contribution in [1.82, 2.24) is 9.79 Å². The molecule has 1 amide bonds. The van der Waals surface area contributed by atoms with Crippen molar-refractivity contribution in [2.24, 2.45) is 0 Å². The second-order valence-corrected chi connectivity index (χ2v) is 7.91. The van der Waals surface area contributed by atoms with Gasteiger partial charge in [-0.15, -0.1) is 0 Å². The molecule has 1 fully saturated rings. The van der Waals surface area contributed by atoms with E-state index in [1.807, 2.05) is 0 Å². The van der Waals surface area contributed by atoms with Crippen molar-refractivity contribution in [2.75, 3.05) is 14.2 Å². The van der Waals surface area contributed by atoms with Gasteiger partial charge < -0.3 is 10.1 Å². The Balaban J connectivity index is 2.18. The molecule has 0 unspecified atom stereocenters. The largest absolute Gasteiger partial charge is 0.449 e. The first-order chi connectivity index (χ1) is 11.7. The number of ether oxygens (including phenoxy) is 1. The number of sulfonamides is 1. The molecule has 8 nitrogen and oxygen atoms in total. The van der Waals surface area contributed by atoms with Gasteiger partial charge in [0.2, 0.25) is 0 Å². The summed E-state index contributed by atoms with van der Waals surface area (Å²) in [7, 11) is -1.54. The van der Waals surface area contributed by atoms with Gasteiger partial charge in [0.05, 0.1) is 22.6 Å². The van der Waals surface area contributed by atoms with Gasteiger partial charge >= 0.3 is 5.97 Å². The predicted molar refractivity (Wildman–Crippen MR) is 89.5 cm³/mol. The van der Waals surface area contributed by atoms with E-state index in [1.54, 1.807) is 0 Å². The molecule has 1 atom stereocenters. The monoisotopic (exact) mass is 390 g/mol. The highest BCUT2D eigenvalue weighted by molar-refractivity contribution is 7.89. The normalized spacial score (nSPS) is 15.7. The number of benzene rings is 1. The molecule has 0 heterocycles. The quantitative estimate of drug-likeness (QED) is 0.557. The zero-order valence-corrected chi connectivity index (χ0v) is 15.6. The molecule has 0 bridgehead atoms. The van der Waals surface area contributed by atoms with E-state index in [0.29, 0.717) is 4.47 Å². The first-order valence-corrected chi connectivity index (χ1v) is 9.32. The Kier molecular flexibility index (Phi) is 6.04. The summed E-state index contributed by atoms with van der Waals surface area (Å²) in [5, 5.41) is 2.73. The van der Waals surface area contributed by atoms with Crippen LogP contribution >= 0.6 is 11.6 Å². The van der Waals surface area contributed by atoms with Crippen molar-refractivity contribution in [3.8, 4) is 0 Å². The van der Waals surface area contributed by atoms with Gasteiger partial charge in [-0.05, 0) is 38.0 Å². The van der Waals surface area contributed by atoms with Crippen molar-refractivity contribution < 1.29 is 27.6 Å². The Hall–Kier alpha value is -1.68. The van der Waals surface area contributed by atoms with Crippen LogP contribution in [-0.4, -0.2) is 51.1 Å². The van der Waals surface area contributed by atoms with E-state index >= 15 is 0 Å². The first kappa shape index (κ1) is 19.6. The van der Waals surface area contributed by atoms with Crippen LogP contribution in [0, 0.1) is 0 Å². The van der Waals surface area contributed by atoms with E-state index in [4.69, 9.17) is 16.3 Å². The SMILES string of the molecule is CON(C)S(=O)(=O)c1ccc(Cl)c(C(=O)O[C@H](C)C(=O)NC2CC2)c1. The van der Waals surface area contributed by atoms with Crippen LogP contribution in [-0.2, 0) is 24.4 Å². The van der Waals surface area contributed by atoms with Crippen molar-refractivity contribution in [3.05, 3.63) is 28.8 Å². The number of hydrogen-bond donors (Lipinski definition) is 1. The summed E-state index contributed by atoms with van der Waals surface area (Å²) in [6.45, 7) is 1.43. The van der Waals surface area contributed by atoms with Crippen molar-refractivity contribution in [1.29, 1.82) is 0 Å². The van der Waals surface area contributed by atoms with E-state index in [1.165, 1.54) is 33.2 Å². The van der Waals surface area contributed by atoms with Crippen LogP contribution in [0.4, 0.5) is 0 Å². The lowest BCUT2D eigenvalue weighted by Crippen LogP contribution is -2.37. The Morgan fingerprint density at radius 2 is 2.00 bits per heavy atom. The molecule has 0 aliphatic heterocycles. The lowest BCUT2D eigenvalue weighted by molar-refractivity contribution is -0.129. The third-order valence-electron chi connectivity index (χ3n) is 3.63. The third-order valence-corrected chi connectivity index (χ3v) is 5.63. The summed E-state index contributed by atoms with van der Waals surface area (Å²) in [6, 6.07) is 3.73. The van der Waals surface area contributed by atoms with Crippen LogP contribution in [0.5, 0.6) is 0 Å². The smallest absolute Gasteiger partial charge is 0.340 e. The summed E-state index contributed by atoms with van der Waals surface area (Å²) < 4.78 is 30.2. The fourth-order valence-electron chi connectivity index (χ4n) is 1.89. The zero-order valence-electron chi connectivity index (χ0n) is 14.0. The predicted octanol–water partition coefficient (Wildman–Crippen LogP) is 1.35. The first-order valence-electron chi connectivity index (χ1n) is 7.50. The molecular formula is C15H19ClN2O6S. The molecule has 25 heavy (non-hydrogen) atoms. The molecule has 10 heteroatoms. The summed E-state index contributed by atoms with van der Waals surface area (Å²) in [6.07, 6.45) is 0.794. The number of carbonyl (C=O) groups excluding carboxylic acids is 2. The van der Waals surface area contributed by atoms with E-state index < -0.39 is 28.0 Å². The van der Waals surface area contributed by atoms with Gasteiger partial charge in [-0.2, -0.15) is 0 Å². The van der Waals surface area contributed by atoms with Crippen LogP contribution in [0.2, 0.25) is 5.02 Å². The van der Waals surface area contributed by atoms with Gasteiger partial charge in [-0.1, -0.05) is 16.1 Å². The molecule has 0 radical (unpaired) electrons. The lowest BCUT2D eigenvalue weighted by atomic mass is 10.2. The number of amides is 1. The summed E-state index contributed by atoms with van der Waals surface area (Å²) in [4.78, 5) is 28.6. The highest BCUT2D eigenvalue weighted by Crippen LogP contribution is 2.24. The fourth-order valence-corrected chi connectivity index (χ4v) is 3.09. The standard InChI is InChI=1S/C15H19ClN2O6S/c1-9(14(19)17-10-4-5-10)24-15(20)12-8-11(6-7-13(12)16)25(21,22)18(2)23-3/h6-10H,4-5H2,1-3H3,(H,17,19)/t9-/m1/s1. The maximum atomic E-state index is 12.3. The van der Waals surface area contributed by atoms with E-state index in [-0.39, 0.29) is 21.5 Å². The van der Waals surface area contributed by atoms with Gasteiger partial charge in [-0.25, -0.2) is 13.2 Å². The highest BCUT2D eigenvalue weighted by atomic mass is 35.5. The molecule has 0 aromatic heterocycles. The summed E-state index contributed by atoms with van der Waals surface area (Å²) in [5.41, 5.74) is -0.154. The van der Waals surface area contributed by atoms with Crippen molar-refractivity contribution in [3.63, 3.8) is 0 Å². The highest BCUT2D eigenvalue weighted by Gasteiger charge is 2.29. The summed E-state index contributed by atoms with van der Waals surface area (Å²) >= 11 is 5.97. The Morgan fingerprint density at radius 3 is 2.56 bits per heavy atom. The second-order valence-electron chi connectivity index (χ2n) is 5.57. The Morgan fingerprint density at radius 1 is 1.36 bits per heavy atom. The second kappa shape index (κ2) is 7.69. The average Bonchev–Trinajstić information content (AvgIpc) is 3.37. The summed E-state index contributed by atoms with van der Waals surface area (Å²) in [5.74, 6) is -1.30. The number of rotatable bonds is 7. The van der Waals surface area contributed by atoms with E-state index in [2.05, 4.69) is 10.2 Å². The number of nitrogens with one attached hydrogen (secondary N) is 1. The van der Waals surface area contributed by atoms with Crippen LogP contribution in [0.3, 0.4) is 0 Å². The molecule has 1 aromatic rings. The van der Waals surface area contributed by atoms with E-state index in [9.17, 15) is 18.0 Å². The molecule has 138 valence electrons.